The standard InChI is InChI=1S/C11H14N4O4S2/c1-2-14-20(16,17)10-5-3-9(4-6-10)15-21(18,19)11-7-12-13-8-11/h3-8,14-15H,2H2,1H3,(H,12,13). The molecule has 114 valence electrons. The van der Waals surface area contributed by atoms with Crippen LogP contribution in [0, 0.1) is 0 Å². The highest BCUT2D eigenvalue weighted by atomic mass is 32.2. The number of aromatic nitrogens is 2. The Labute approximate surface area is 122 Å². The minimum Gasteiger partial charge on any atom is -0.284 e. The van der Waals surface area contributed by atoms with Gasteiger partial charge in [-0.15, -0.1) is 0 Å². The minimum absolute atomic E-state index is 0.00755. The van der Waals surface area contributed by atoms with Crippen LogP contribution in [0.3, 0.4) is 0 Å². The lowest BCUT2D eigenvalue weighted by atomic mass is 10.3. The molecule has 0 saturated carbocycles. The van der Waals surface area contributed by atoms with E-state index in [4.69, 9.17) is 0 Å². The van der Waals surface area contributed by atoms with Gasteiger partial charge in [-0.25, -0.2) is 21.6 Å². The summed E-state index contributed by atoms with van der Waals surface area (Å²) < 4.78 is 52.1. The molecule has 0 atom stereocenters. The van der Waals surface area contributed by atoms with Crippen molar-refractivity contribution in [3.05, 3.63) is 36.7 Å². The molecular weight excluding hydrogens is 316 g/mol. The smallest absolute Gasteiger partial charge is 0.265 e. The van der Waals surface area contributed by atoms with E-state index in [0.29, 0.717) is 0 Å². The molecule has 21 heavy (non-hydrogen) atoms. The molecule has 0 saturated heterocycles. The van der Waals surface area contributed by atoms with Crippen LogP contribution in [0.15, 0.2) is 46.5 Å². The van der Waals surface area contributed by atoms with Crippen LogP contribution in [0.1, 0.15) is 6.92 Å². The molecule has 10 heteroatoms. The highest BCUT2D eigenvalue weighted by molar-refractivity contribution is 7.92. The number of sulfonamides is 2. The summed E-state index contributed by atoms with van der Waals surface area (Å²) in [6.07, 6.45) is 2.42. The minimum atomic E-state index is -3.74. The van der Waals surface area contributed by atoms with Crippen LogP contribution in [0.2, 0.25) is 0 Å². The van der Waals surface area contributed by atoms with E-state index in [9.17, 15) is 16.8 Å². The Bertz CT molecular complexity index is 796. The number of hydrogen-bond acceptors (Lipinski definition) is 5. The third-order valence-corrected chi connectivity index (χ3v) is 5.44. The predicted octanol–water partition coefficient (Wildman–Crippen LogP) is 0.509. The summed E-state index contributed by atoms with van der Waals surface area (Å²) in [6.45, 7) is 1.95. The van der Waals surface area contributed by atoms with Gasteiger partial charge in [-0.05, 0) is 24.3 Å². The monoisotopic (exact) mass is 330 g/mol. The zero-order valence-electron chi connectivity index (χ0n) is 11.1. The summed E-state index contributed by atoms with van der Waals surface area (Å²) in [5, 5.41) is 5.97. The lowest BCUT2D eigenvalue weighted by molar-refractivity contribution is 0.584. The Kier molecular flexibility index (Phi) is 4.30. The summed E-state index contributed by atoms with van der Waals surface area (Å²) in [5.41, 5.74) is 0.256. The number of rotatable bonds is 6. The maximum Gasteiger partial charge on any atom is 0.265 e. The molecule has 0 amide bonds. The van der Waals surface area contributed by atoms with E-state index in [0.717, 1.165) is 0 Å². The lowest BCUT2D eigenvalue weighted by Crippen LogP contribution is -2.23. The van der Waals surface area contributed by atoms with Crippen LogP contribution >= 0.6 is 0 Å². The number of benzene rings is 1. The third-order valence-electron chi connectivity index (χ3n) is 2.53. The zero-order chi connectivity index (χ0) is 15.5. The molecule has 2 rings (SSSR count). The van der Waals surface area contributed by atoms with Gasteiger partial charge in [-0.1, -0.05) is 6.92 Å². The Morgan fingerprint density at radius 1 is 1.05 bits per heavy atom. The third kappa shape index (κ3) is 3.60. The zero-order valence-corrected chi connectivity index (χ0v) is 12.7. The first-order valence-corrected chi connectivity index (χ1v) is 8.93. The van der Waals surface area contributed by atoms with Gasteiger partial charge in [0.2, 0.25) is 10.0 Å². The van der Waals surface area contributed by atoms with Crippen LogP contribution in [0.4, 0.5) is 5.69 Å². The molecule has 0 unspecified atom stereocenters. The fourth-order valence-electron chi connectivity index (χ4n) is 1.58. The van der Waals surface area contributed by atoms with Gasteiger partial charge < -0.3 is 0 Å². The van der Waals surface area contributed by atoms with Crippen molar-refractivity contribution in [3.63, 3.8) is 0 Å². The summed E-state index contributed by atoms with van der Waals surface area (Å²) in [7, 11) is -7.29. The van der Waals surface area contributed by atoms with Crippen molar-refractivity contribution < 1.29 is 16.8 Å². The van der Waals surface area contributed by atoms with Crippen molar-refractivity contribution in [2.24, 2.45) is 0 Å². The molecule has 0 aliphatic carbocycles. The first kappa shape index (κ1) is 15.5. The van der Waals surface area contributed by atoms with Crippen LogP contribution in [0.5, 0.6) is 0 Å². The maximum absolute atomic E-state index is 11.9. The molecule has 0 fully saturated rings. The first-order valence-electron chi connectivity index (χ1n) is 5.96. The molecule has 0 aliphatic heterocycles. The van der Waals surface area contributed by atoms with Crippen LogP contribution in [0.25, 0.3) is 0 Å². The first-order chi connectivity index (χ1) is 9.85. The van der Waals surface area contributed by atoms with Crippen molar-refractivity contribution in [3.8, 4) is 0 Å². The Hall–Kier alpha value is -1.91. The second kappa shape index (κ2) is 5.84. The Morgan fingerprint density at radius 3 is 2.24 bits per heavy atom. The van der Waals surface area contributed by atoms with Crippen molar-refractivity contribution in [1.82, 2.24) is 14.9 Å². The van der Waals surface area contributed by atoms with Gasteiger partial charge in [0.1, 0.15) is 4.90 Å². The second-order valence-electron chi connectivity index (χ2n) is 4.07. The molecule has 3 N–H and O–H groups in total. The van der Waals surface area contributed by atoms with Gasteiger partial charge in [-0.3, -0.25) is 9.82 Å². The second-order valence-corrected chi connectivity index (χ2v) is 7.51. The summed E-state index contributed by atoms with van der Waals surface area (Å²) in [5.74, 6) is 0. The number of H-pyrrole nitrogens is 1. The maximum atomic E-state index is 11.9. The van der Waals surface area contributed by atoms with E-state index in [1.54, 1.807) is 6.92 Å². The van der Waals surface area contributed by atoms with E-state index in [2.05, 4.69) is 19.6 Å². The number of anilines is 1. The van der Waals surface area contributed by atoms with E-state index in [1.165, 1.54) is 36.7 Å². The predicted molar refractivity (Wildman–Crippen MR) is 76.7 cm³/mol. The van der Waals surface area contributed by atoms with Gasteiger partial charge >= 0.3 is 0 Å². The highest BCUT2D eigenvalue weighted by Crippen LogP contribution is 2.17. The van der Waals surface area contributed by atoms with Gasteiger partial charge in [0.05, 0.1) is 11.1 Å². The highest BCUT2D eigenvalue weighted by Gasteiger charge is 2.16. The lowest BCUT2D eigenvalue weighted by Gasteiger charge is -2.08. The molecule has 1 aromatic carbocycles. The molecule has 0 bridgehead atoms. The van der Waals surface area contributed by atoms with Crippen molar-refractivity contribution in [2.45, 2.75) is 16.7 Å². The Balaban J connectivity index is 2.21. The molecule has 1 aromatic heterocycles. The molecule has 2 aromatic rings. The Morgan fingerprint density at radius 2 is 1.71 bits per heavy atom. The average Bonchev–Trinajstić information content (AvgIpc) is 2.93. The fraction of sp³-hybridized carbons (Fsp3) is 0.182. The van der Waals surface area contributed by atoms with Crippen molar-refractivity contribution in [2.75, 3.05) is 11.3 Å². The van der Waals surface area contributed by atoms with E-state index < -0.39 is 20.0 Å². The van der Waals surface area contributed by atoms with E-state index in [-0.39, 0.29) is 22.0 Å². The molecule has 0 aliphatic rings. The summed E-state index contributed by atoms with van der Waals surface area (Å²) in [6, 6.07) is 5.40. The van der Waals surface area contributed by atoms with Crippen molar-refractivity contribution >= 4 is 25.7 Å². The van der Waals surface area contributed by atoms with Crippen LogP contribution in [-0.2, 0) is 20.0 Å². The molecule has 0 spiro atoms. The largest absolute Gasteiger partial charge is 0.284 e. The quantitative estimate of drug-likeness (QED) is 0.712. The molecule has 0 radical (unpaired) electrons. The van der Waals surface area contributed by atoms with Gasteiger partial charge in [-0.2, -0.15) is 5.10 Å². The van der Waals surface area contributed by atoms with Crippen LogP contribution in [-0.4, -0.2) is 33.6 Å². The number of hydrogen-bond donors (Lipinski definition) is 3. The number of nitrogens with one attached hydrogen (secondary N) is 3. The number of nitrogens with zero attached hydrogens (tertiary/aromatic N) is 1. The molecule has 1 heterocycles. The van der Waals surface area contributed by atoms with Gasteiger partial charge in [0.25, 0.3) is 10.0 Å². The SMILES string of the molecule is CCNS(=O)(=O)c1ccc(NS(=O)(=O)c2cn[nH]c2)cc1. The van der Waals surface area contributed by atoms with E-state index in [1.807, 2.05) is 0 Å². The number of aromatic amines is 1. The van der Waals surface area contributed by atoms with E-state index >= 15 is 0 Å². The normalized spacial score (nSPS) is 12.2. The van der Waals surface area contributed by atoms with Gasteiger partial charge in [0, 0.05) is 18.4 Å². The summed E-state index contributed by atoms with van der Waals surface area (Å²) in [4.78, 5) is 0.0578. The fourth-order valence-corrected chi connectivity index (χ4v) is 3.58. The van der Waals surface area contributed by atoms with Crippen LogP contribution < -0.4 is 9.44 Å². The average molecular weight is 330 g/mol. The summed E-state index contributed by atoms with van der Waals surface area (Å²) >= 11 is 0. The van der Waals surface area contributed by atoms with Crippen molar-refractivity contribution in [1.29, 1.82) is 0 Å². The topological polar surface area (TPSA) is 121 Å². The molecular formula is C11H14N4O4S2. The van der Waals surface area contributed by atoms with Gasteiger partial charge in [0.15, 0.2) is 0 Å². The molecule has 8 nitrogen and oxygen atoms in total.